The Bertz CT molecular complexity index is 1120. The van der Waals surface area contributed by atoms with Gasteiger partial charge in [-0.3, -0.25) is 4.79 Å². The molecule has 2 aromatic carbocycles. The molecule has 0 fully saturated rings. The second kappa shape index (κ2) is 7.83. The lowest BCUT2D eigenvalue weighted by Gasteiger charge is -2.11. The second-order valence-electron chi connectivity index (χ2n) is 7.49. The van der Waals surface area contributed by atoms with E-state index in [1.807, 2.05) is 24.3 Å². The third-order valence-corrected chi connectivity index (χ3v) is 5.82. The lowest BCUT2D eigenvalue weighted by Crippen LogP contribution is -2.12. The molecule has 0 saturated heterocycles. The van der Waals surface area contributed by atoms with E-state index in [1.54, 1.807) is 24.3 Å². The number of fused-ring (bicyclic) bond motifs is 1. The first-order chi connectivity index (χ1) is 13.9. The number of benzene rings is 2. The lowest BCUT2D eigenvalue weighted by molar-refractivity contribution is 0.102. The van der Waals surface area contributed by atoms with Gasteiger partial charge in [-0.15, -0.1) is 0 Å². The van der Waals surface area contributed by atoms with E-state index < -0.39 is 9.84 Å². The number of sulfone groups is 1. The summed E-state index contributed by atoms with van der Waals surface area (Å²) in [5, 5.41) is 2.86. The number of aryl methyl sites for hydroxylation is 2. The Balaban J connectivity index is 1.47. The van der Waals surface area contributed by atoms with E-state index in [2.05, 4.69) is 16.1 Å². The van der Waals surface area contributed by atoms with E-state index >= 15 is 0 Å². The molecule has 7 heteroatoms. The summed E-state index contributed by atoms with van der Waals surface area (Å²) in [5.74, 6) is 0.778. The number of hydrogen-bond donors (Lipinski definition) is 1. The molecule has 1 aliphatic heterocycles. The Morgan fingerprint density at radius 1 is 1.14 bits per heavy atom. The predicted molar refractivity (Wildman–Crippen MR) is 114 cm³/mol. The molecular formula is C22H23N3O3S. The average Bonchev–Trinajstić information content (AvgIpc) is 3.11. The zero-order chi connectivity index (χ0) is 20.4. The Labute approximate surface area is 170 Å². The van der Waals surface area contributed by atoms with Crippen LogP contribution in [0, 0.1) is 0 Å². The number of imidazole rings is 1. The maximum atomic E-state index is 12.5. The molecule has 0 radical (unpaired) electrons. The van der Waals surface area contributed by atoms with Crippen LogP contribution >= 0.6 is 0 Å². The molecule has 6 nitrogen and oxygen atoms in total. The third-order valence-electron chi connectivity index (χ3n) is 4.97. The monoisotopic (exact) mass is 409 g/mol. The molecule has 0 aliphatic carbocycles. The highest BCUT2D eigenvalue weighted by atomic mass is 32.2. The summed E-state index contributed by atoms with van der Waals surface area (Å²) in [4.78, 5) is 17.3. The van der Waals surface area contributed by atoms with Crippen LogP contribution in [0.3, 0.4) is 0 Å². The van der Waals surface area contributed by atoms with E-state index in [0.29, 0.717) is 16.8 Å². The Morgan fingerprint density at radius 2 is 1.93 bits per heavy atom. The summed E-state index contributed by atoms with van der Waals surface area (Å²) in [6.45, 7) is 1.02. The van der Waals surface area contributed by atoms with Crippen LogP contribution in [0.25, 0.3) is 11.3 Å². The summed E-state index contributed by atoms with van der Waals surface area (Å²) in [6.07, 6.45) is 6.67. The standard InChI is InChI=1S/C22H23N3O3S/c1-29(27,28)15-16-5-4-6-18(13-16)22(26)23-19-10-8-17(9-11-19)20-14-25-12-3-2-7-21(25)24-20/h4-6,8-11,13-14H,2-3,7,12,15H2,1H3,(H,23,26). The molecule has 29 heavy (non-hydrogen) atoms. The topological polar surface area (TPSA) is 81.1 Å². The molecule has 2 heterocycles. The van der Waals surface area contributed by atoms with Crippen LogP contribution in [-0.2, 0) is 28.6 Å². The minimum Gasteiger partial charge on any atom is -0.334 e. The molecule has 0 bridgehead atoms. The molecule has 1 aromatic heterocycles. The van der Waals surface area contributed by atoms with Gasteiger partial charge in [-0.05, 0) is 42.7 Å². The van der Waals surface area contributed by atoms with Crippen molar-refractivity contribution in [3.8, 4) is 11.3 Å². The van der Waals surface area contributed by atoms with Crippen LogP contribution in [0.4, 0.5) is 5.69 Å². The second-order valence-corrected chi connectivity index (χ2v) is 9.63. The van der Waals surface area contributed by atoms with Crippen molar-refractivity contribution in [2.45, 2.75) is 31.6 Å². The van der Waals surface area contributed by atoms with Gasteiger partial charge in [0.25, 0.3) is 5.91 Å². The number of rotatable bonds is 5. The van der Waals surface area contributed by atoms with Gasteiger partial charge in [-0.1, -0.05) is 24.3 Å². The number of nitrogens with one attached hydrogen (secondary N) is 1. The number of carbonyl (C=O) groups excluding carboxylic acids is 1. The zero-order valence-electron chi connectivity index (χ0n) is 16.3. The third kappa shape index (κ3) is 4.74. The highest BCUT2D eigenvalue weighted by Crippen LogP contribution is 2.24. The average molecular weight is 410 g/mol. The molecule has 0 atom stereocenters. The lowest BCUT2D eigenvalue weighted by atomic mass is 10.1. The fraction of sp³-hybridized carbons (Fsp3) is 0.273. The van der Waals surface area contributed by atoms with Crippen molar-refractivity contribution in [1.82, 2.24) is 9.55 Å². The maximum absolute atomic E-state index is 12.5. The van der Waals surface area contributed by atoms with Gasteiger partial charge < -0.3 is 9.88 Å². The van der Waals surface area contributed by atoms with Gasteiger partial charge in [0.2, 0.25) is 0 Å². The van der Waals surface area contributed by atoms with Gasteiger partial charge in [-0.25, -0.2) is 13.4 Å². The van der Waals surface area contributed by atoms with E-state index in [-0.39, 0.29) is 11.7 Å². The fourth-order valence-corrected chi connectivity index (χ4v) is 4.37. The van der Waals surface area contributed by atoms with Crippen LogP contribution < -0.4 is 5.32 Å². The van der Waals surface area contributed by atoms with Crippen LogP contribution in [0.2, 0.25) is 0 Å². The quantitative estimate of drug-likeness (QED) is 0.697. The van der Waals surface area contributed by atoms with Gasteiger partial charge in [0, 0.05) is 42.2 Å². The summed E-state index contributed by atoms with van der Waals surface area (Å²) in [5.41, 5.74) is 3.67. The van der Waals surface area contributed by atoms with Crippen molar-refractivity contribution in [3.05, 3.63) is 71.7 Å². The van der Waals surface area contributed by atoms with E-state index in [9.17, 15) is 13.2 Å². The predicted octanol–water partition coefficient (Wildman–Crippen LogP) is 3.68. The van der Waals surface area contributed by atoms with Gasteiger partial charge in [0.1, 0.15) is 5.82 Å². The molecule has 1 amide bonds. The smallest absolute Gasteiger partial charge is 0.255 e. The summed E-state index contributed by atoms with van der Waals surface area (Å²) < 4.78 is 25.2. The normalized spacial score (nSPS) is 13.7. The number of nitrogens with zero attached hydrogens (tertiary/aromatic N) is 2. The fourth-order valence-electron chi connectivity index (χ4n) is 3.58. The SMILES string of the molecule is CS(=O)(=O)Cc1cccc(C(=O)Nc2ccc(-c3cn4c(n3)CCCC4)cc2)c1. The highest BCUT2D eigenvalue weighted by molar-refractivity contribution is 7.89. The zero-order valence-corrected chi connectivity index (χ0v) is 17.1. The number of carbonyl (C=O) groups is 1. The molecule has 0 spiro atoms. The molecule has 4 rings (SSSR count). The minimum atomic E-state index is -3.15. The van der Waals surface area contributed by atoms with Crippen molar-refractivity contribution in [3.63, 3.8) is 0 Å². The first-order valence-electron chi connectivity index (χ1n) is 9.62. The summed E-state index contributed by atoms with van der Waals surface area (Å²) in [6, 6.07) is 14.3. The number of aromatic nitrogens is 2. The summed E-state index contributed by atoms with van der Waals surface area (Å²) in [7, 11) is -3.15. The van der Waals surface area contributed by atoms with Gasteiger partial charge in [-0.2, -0.15) is 0 Å². The van der Waals surface area contributed by atoms with E-state index in [4.69, 9.17) is 4.98 Å². The molecule has 3 aromatic rings. The van der Waals surface area contributed by atoms with Crippen LogP contribution in [0.1, 0.15) is 34.6 Å². The Hall–Kier alpha value is -2.93. The first kappa shape index (κ1) is 19.4. The molecule has 150 valence electrons. The van der Waals surface area contributed by atoms with Gasteiger partial charge in [0.15, 0.2) is 9.84 Å². The van der Waals surface area contributed by atoms with Crippen molar-refractivity contribution in [1.29, 1.82) is 0 Å². The molecule has 0 saturated carbocycles. The molecule has 1 aliphatic rings. The first-order valence-corrected chi connectivity index (χ1v) is 11.7. The van der Waals surface area contributed by atoms with Crippen molar-refractivity contribution in [2.75, 3.05) is 11.6 Å². The highest BCUT2D eigenvalue weighted by Gasteiger charge is 2.14. The van der Waals surface area contributed by atoms with Crippen molar-refractivity contribution < 1.29 is 13.2 Å². The summed E-state index contributed by atoms with van der Waals surface area (Å²) >= 11 is 0. The molecular weight excluding hydrogens is 386 g/mol. The number of hydrogen-bond acceptors (Lipinski definition) is 4. The van der Waals surface area contributed by atoms with Crippen LogP contribution in [0.5, 0.6) is 0 Å². The van der Waals surface area contributed by atoms with Crippen LogP contribution in [-0.4, -0.2) is 30.1 Å². The van der Waals surface area contributed by atoms with Crippen molar-refractivity contribution in [2.24, 2.45) is 0 Å². The minimum absolute atomic E-state index is 0.0859. The largest absolute Gasteiger partial charge is 0.334 e. The Morgan fingerprint density at radius 3 is 2.66 bits per heavy atom. The van der Waals surface area contributed by atoms with Crippen molar-refractivity contribution >= 4 is 21.4 Å². The van der Waals surface area contributed by atoms with E-state index in [0.717, 1.165) is 30.0 Å². The van der Waals surface area contributed by atoms with Crippen LogP contribution in [0.15, 0.2) is 54.7 Å². The Kier molecular flexibility index (Phi) is 5.24. The molecule has 0 unspecified atom stereocenters. The van der Waals surface area contributed by atoms with Gasteiger partial charge >= 0.3 is 0 Å². The molecule has 1 N–H and O–H groups in total. The van der Waals surface area contributed by atoms with E-state index in [1.165, 1.54) is 19.1 Å². The number of amides is 1. The number of anilines is 1. The van der Waals surface area contributed by atoms with Gasteiger partial charge in [0.05, 0.1) is 11.4 Å². The maximum Gasteiger partial charge on any atom is 0.255 e.